The summed E-state index contributed by atoms with van der Waals surface area (Å²) < 4.78 is 53.6. The molecule has 0 spiro atoms. The van der Waals surface area contributed by atoms with Crippen molar-refractivity contribution in [2.24, 2.45) is 22.7 Å². The number of rotatable bonds is 20. The minimum Gasteiger partial charge on any atom is -0.497 e. The van der Waals surface area contributed by atoms with Crippen LogP contribution in [0.25, 0.3) is 22.3 Å². The van der Waals surface area contributed by atoms with Gasteiger partial charge in [-0.25, -0.2) is 8.78 Å². The average molecular weight is 1060 g/mol. The van der Waals surface area contributed by atoms with Crippen LogP contribution in [-0.4, -0.2) is 36.4 Å². The maximum absolute atomic E-state index is 15.1. The molecule has 0 saturated heterocycles. The summed E-state index contributed by atoms with van der Waals surface area (Å²) in [4.78, 5) is 22.9. The molecule has 0 bridgehead atoms. The zero-order valence-electron chi connectivity index (χ0n) is 46.4. The molecule has 10 rings (SSSR count). The molecule has 4 aliphatic carbocycles. The van der Waals surface area contributed by atoms with Crippen LogP contribution in [0.4, 0.5) is 8.78 Å². The fourth-order valence-corrected chi connectivity index (χ4v) is 12.8. The van der Waals surface area contributed by atoms with Crippen LogP contribution in [0.5, 0.6) is 23.0 Å². The highest BCUT2D eigenvalue weighted by Crippen LogP contribution is 2.52. The average Bonchev–Trinajstić information content (AvgIpc) is 4.42. The van der Waals surface area contributed by atoms with Crippen molar-refractivity contribution in [1.82, 2.24) is 0 Å². The topological polar surface area (TPSA) is 112 Å². The van der Waals surface area contributed by atoms with E-state index >= 15 is 8.78 Å². The molecule has 6 aromatic rings. The number of benzene rings is 6. The van der Waals surface area contributed by atoms with Gasteiger partial charge in [0.25, 0.3) is 0 Å². The van der Waals surface area contributed by atoms with Gasteiger partial charge in [-0.1, -0.05) is 114 Å². The lowest BCUT2D eigenvalue weighted by Crippen LogP contribution is -2.26. The Morgan fingerprint density at radius 3 is 1.27 bits per heavy atom. The van der Waals surface area contributed by atoms with Crippen molar-refractivity contribution in [2.75, 3.05) is 14.2 Å². The molecular weight excluding hydrogens is 983 g/mol. The van der Waals surface area contributed by atoms with Crippen LogP contribution < -0.4 is 18.9 Å². The van der Waals surface area contributed by atoms with Gasteiger partial charge in [-0.15, -0.1) is 0 Å². The van der Waals surface area contributed by atoms with E-state index in [0.717, 1.165) is 107 Å². The monoisotopic (exact) mass is 1060 g/mol. The molecule has 6 aromatic carbocycles. The molecule has 0 heterocycles. The lowest BCUT2D eigenvalue weighted by atomic mass is 9.65. The van der Waals surface area contributed by atoms with Gasteiger partial charge in [0.1, 0.15) is 47.8 Å². The Labute approximate surface area is 460 Å². The van der Waals surface area contributed by atoms with Gasteiger partial charge in [0, 0.05) is 11.1 Å². The number of aliphatic carboxylic acids is 2. The minimum atomic E-state index is -0.760. The van der Waals surface area contributed by atoms with Gasteiger partial charge < -0.3 is 29.2 Å². The van der Waals surface area contributed by atoms with E-state index in [9.17, 15) is 19.8 Å². The van der Waals surface area contributed by atoms with E-state index in [1.165, 1.54) is 37.8 Å². The zero-order chi connectivity index (χ0) is 55.1. The minimum absolute atomic E-state index is 0.0308. The summed E-state index contributed by atoms with van der Waals surface area (Å²) in [5.74, 6) is 2.31. The molecule has 4 atom stereocenters. The van der Waals surface area contributed by atoms with Crippen molar-refractivity contribution < 1.29 is 47.5 Å². The first kappa shape index (κ1) is 56.1. The van der Waals surface area contributed by atoms with Crippen molar-refractivity contribution >= 4 is 11.9 Å². The van der Waals surface area contributed by atoms with Crippen LogP contribution >= 0.6 is 0 Å². The molecular formula is C68H78F2O8. The quantitative estimate of drug-likeness (QED) is 0.0778. The van der Waals surface area contributed by atoms with E-state index in [1.807, 2.05) is 72.8 Å². The number of methoxy groups -OCH3 is 2. The molecule has 0 unspecified atom stereocenters. The predicted octanol–water partition coefficient (Wildman–Crippen LogP) is 17.5. The number of hydrogen-bond acceptors (Lipinski definition) is 6. The smallest absolute Gasteiger partial charge is 0.303 e. The summed E-state index contributed by atoms with van der Waals surface area (Å²) in [5.41, 5.74) is 9.64. The lowest BCUT2D eigenvalue weighted by molar-refractivity contribution is -0.138. The first-order chi connectivity index (χ1) is 37.5. The van der Waals surface area contributed by atoms with Gasteiger partial charge in [-0.3, -0.25) is 9.59 Å². The maximum atomic E-state index is 15.1. The lowest BCUT2D eigenvalue weighted by Gasteiger charge is -2.40. The van der Waals surface area contributed by atoms with Crippen molar-refractivity contribution in [1.29, 1.82) is 0 Å². The van der Waals surface area contributed by atoms with E-state index < -0.39 is 11.9 Å². The molecule has 0 aromatic heterocycles. The van der Waals surface area contributed by atoms with E-state index in [4.69, 9.17) is 18.9 Å². The van der Waals surface area contributed by atoms with Crippen LogP contribution in [0, 0.1) is 34.3 Å². The van der Waals surface area contributed by atoms with Gasteiger partial charge in [0.15, 0.2) is 0 Å². The summed E-state index contributed by atoms with van der Waals surface area (Å²) >= 11 is 0. The molecule has 412 valence electrons. The highest BCUT2D eigenvalue weighted by molar-refractivity contribution is 5.73. The summed E-state index contributed by atoms with van der Waals surface area (Å²) in [6.45, 7) is 10.1. The fourth-order valence-electron chi connectivity index (χ4n) is 12.8. The Hall–Kier alpha value is -6.68. The molecule has 8 nitrogen and oxygen atoms in total. The normalized spacial score (nSPS) is 19.3. The van der Waals surface area contributed by atoms with Gasteiger partial charge in [0.05, 0.1) is 27.1 Å². The maximum Gasteiger partial charge on any atom is 0.303 e. The fraction of sp³-hybridized carbons (Fsp3) is 0.441. The van der Waals surface area contributed by atoms with Crippen LogP contribution in [0.1, 0.15) is 175 Å². The van der Waals surface area contributed by atoms with E-state index in [0.29, 0.717) is 59.5 Å². The largest absolute Gasteiger partial charge is 0.497 e. The summed E-state index contributed by atoms with van der Waals surface area (Å²) in [5, 5.41) is 18.8. The molecule has 0 aliphatic heterocycles. The summed E-state index contributed by atoms with van der Waals surface area (Å²) in [6, 6.07) is 38.1. The van der Waals surface area contributed by atoms with E-state index in [-0.39, 0.29) is 47.1 Å². The molecule has 78 heavy (non-hydrogen) atoms. The number of carboxylic acids is 2. The Balaban J connectivity index is 0.000000190. The molecule has 4 saturated carbocycles. The molecule has 4 fully saturated rings. The van der Waals surface area contributed by atoms with Crippen LogP contribution in [0.15, 0.2) is 121 Å². The molecule has 2 N–H and O–H groups in total. The van der Waals surface area contributed by atoms with Crippen LogP contribution in [0.2, 0.25) is 0 Å². The van der Waals surface area contributed by atoms with E-state index in [1.54, 1.807) is 38.5 Å². The van der Waals surface area contributed by atoms with E-state index in [2.05, 4.69) is 39.8 Å². The van der Waals surface area contributed by atoms with Gasteiger partial charge in [-0.2, -0.15) is 0 Å². The third-order valence-electron chi connectivity index (χ3n) is 17.5. The third-order valence-corrected chi connectivity index (χ3v) is 17.5. The molecule has 10 heteroatoms. The highest BCUT2D eigenvalue weighted by Gasteiger charge is 2.38. The molecule has 4 aliphatic rings. The molecule has 0 radical (unpaired) electrons. The predicted molar refractivity (Wildman–Crippen MR) is 304 cm³/mol. The van der Waals surface area contributed by atoms with Crippen LogP contribution in [0.3, 0.4) is 0 Å². The first-order valence-electron chi connectivity index (χ1n) is 28.3. The van der Waals surface area contributed by atoms with Gasteiger partial charge in [-0.05, 0) is 203 Å². The number of halogens is 2. The number of carboxylic acid groups (broad SMARTS) is 2. The SMILES string of the molecule is COc1ccc(F)c(-c2ccc(COc3cccc([C@H](CC(=O)O)C4CC4)c3)cc2[C@@H]2CCCCC2(C)C)c1.COc1ccc(F)c(-c2ccc(COc3cccc([C@H](CC(=O)O)C4CC4)c3)cc2[C@H]2CCCCC2(C)C)c1. The van der Waals surface area contributed by atoms with Gasteiger partial charge in [0.2, 0.25) is 0 Å². The Kier molecular flexibility index (Phi) is 17.6. The second-order valence-corrected chi connectivity index (χ2v) is 23.9. The molecule has 0 amide bonds. The Morgan fingerprint density at radius 2 is 0.910 bits per heavy atom. The summed E-state index contributed by atoms with van der Waals surface area (Å²) in [7, 11) is 3.21. The number of carbonyl (C=O) groups is 2. The van der Waals surface area contributed by atoms with Crippen molar-refractivity contribution in [3.05, 3.63) is 166 Å². The van der Waals surface area contributed by atoms with Crippen LogP contribution in [-0.2, 0) is 22.8 Å². The number of ether oxygens (including phenoxy) is 4. The second-order valence-electron chi connectivity index (χ2n) is 23.9. The Morgan fingerprint density at radius 1 is 0.500 bits per heavy atom. The highest BCUT2D eigenvalue weighted by atomic mass is 19.1. The third kappa shape index (κ3) is 13.8. The second kappa shape index (κ2) is 24.6. The first-order valence-corrected chi connectivity index (χ1v) is 28.3. The van der Waals surface area contributed by atoms with Crippen molar-refractivity contribution in [3.8, 4) is 45.3 Å². The standard InChI is InChI=1S/2C34H39FO4/c2*1-34(2)16-5-4-9-31(34)29-17-22(10-14-27(29)30-19-25(38-3)13-15-32(30)35)21-39-26-8-6-7-24(18-26)28(20-33(36)37)23-11-12-23/h2*6-8,10,13-15,17-19,23,28,31H,4-5,9,11-12,16,20-21H2,1-3H3,(H,36,37)/t28-,31+;28-,31-/m11/s1. The Bertz CT molecular complexity index is 2860. The summed E-state index contributed by atoms with van der Waals surface area (Å²) in [6.07, 6.45) is 13.8. The van der Waals surface area contributed by atoms with Crippen molar-refractivity contribution in [2.45, 2.75) is 154 Å². The zero-order valence-corrected chi connectivity index (χ0v) is 46.4. The van der Waals surface area contributed by atoms with Gasteiger partial charge >= 0.3 is 11.9 Å². The van der Waals surface area contributed by atoms with Crippen molar-refractivity contribution in [3.63, 3.8) is 0 Å². The number of hydrogen-bond donors (Lipinski definition) is 2.